The first-order valence-corrected chi connectivity index (χ1v) is 7.81. The Morgan fingerprint density at radius 2 is 2.05 bits per heavy atom. The lowest BCUT2D eigenvalue weighted by Gasteiger charge is -2.11. The summed E-state index contributed by atoms with van der Waals surface area (Å²) >= 11 is 0. The molecule has 1 rings (SSSR count). The third-order valence-electron chi connectivity index (χ3n) is 2.77. The van der Waals surface area contributed by atoms with E-state index in [0.29, 0.717) is 6.54 Å². The maximum atomic E-state index is 12.2. The van der Waals surface area contributed by atoms with Gasteiger partial charge in [-0.1, -0.05) is 19.8 Å². The van der Waals surface area contributed by atoms with Crippen LogP contribution in [0, 0.1) is 0 Å². The van der Waals surface area contributed by atoms with Crippen molar-refractivity contribution in [3.05, 3.63) is 23.8 Å². The lowest BCUT2D eigenvalue weighted by molar-refractivity contribution is 0.0696. The summed E-state index contributed by atoms with van der Waals surface area (Å²) in [5, 5.41) is 8.93. The Bertz CT molecular complexity index is 568. The van der Waals surface area contributed by atoms with Crippen molar-refractivity contribution in [1.29, 1.82) is 0 Å². The highest BCUT2D eigenvalue weighted by molar-refractivity contribution is 7.89. The molecule has 0 heterocycles. The summed E-state index contributed by atoms with van der Waals surface area (Å²) in [6.45, 7) is 2.34. The molecule has 0 saturated heterocycles. The number of carboxylic acids is 1. The van der Waals surface area contributed by atoms with Crippen LogP contribution in [0.4, 0.5) is 0 Å². The van der Waals surface area contributed by atoms with E-state index < -0.39 is 16.0 Å². The number of hydrogen-bond donors (Lipinski definition) is 2. The van der Waals surface area contributed by atoms with Gasteiger partial charge in [-0.25, -0.2) is 17.9 Å². The maximum Gasteiger partial charge on any atom is 0.335 e. The molecular weight excluding hydrogens is 282 g/mol. The van der Waals surface area contributed by atoms with E-state index in [1.54, 1.807) is 0 Å². The summed E-state index contributed by atoms with van der Waals surface area (Å²) in [4.78, 5) is 10.8. The summed E-state index contributed by atoms with van der Waals surface area (Å²) in [5.74, 6) is -1.06. The molecule has 20 heavy (non-hydrogen) atoms. The Morgan fingerprint density at radius 3 is 2.60 bits per heavy atom. The van der Waals surface area contributed by atoms with Crippen LogP contribution in [-0.4, -0.2) is 33.1 Å². The zero-order valence-corrected chi connectivity index (χ0v) is 12.4. The highest BCUT2D eigenvalue weighted by atomic mass is 32.2. The summed E-state index contributed by atoms with van der Waals surface area (Å²) in [5.41, 5.74) is -0.0975. The van der Waals surface area contributed by atoms with E-state index in [1.807, 2.05) is 6.92 Å². The van der Waals surface area contributed by atoms with Gasteiger partial charge in [0.15, 0.2) is 0 Å². The van der Waals surface area contributed by atoms with Crippen molar-refractivity contribution in [2.24, 2.45) is 0 Å². The van der Waals surface area contributed by atoms with E-state index in [0.717, 1.165) is 25.3 Å². The molecule has 0 aromatic heterocycles. The first-order chi connectivity index (χ1) is 9.42. The quantitative estimate of drug-likeness (QED) is 0.715. The number of methoxy groups -OCH3 is 1. The molecule has 112 valence electrons. The van der Waals surface area contributed by atoms with Gasteiger partial charge < -0.3 is 9.84 Å². The van der Waals surface area contributed by atoms with Gasteiger partial charge in [-0.05, 0) is 24.6 Å². The van der Waals surface area contributed by atoms with Gasteiger partial charge in [0.2, 0.25) is 10.0 Å². The molecule has 7 heteroatoms. The Morgan fingerprint density at radius 1 is 1.35 bits per heavy atom. The molecule has 0 atom stereocenters. The third-order valence-corrected chi connectivity index (χ3v) is 4.25. The minimum Gasteiger partial charge on any atom is -0.495 e. The van der Waals surface area contributed by atoms with Crippen molar-refractivity contribution >= 4 is 16.0 Å². The Labute approximate surface area is 118 Å². The number of ether oxygens (including phenoxy) is 1. The van der Waals surface area contributed by atoms with Gasteiger partial charge in [0, 0.05) is 6.54 Å². The normalized spacial score (nSPS) is 11.3. The zero-order chi connectivity index (χ0) is 15.2. The zero-order valence-electron chi connectivity index (χ0n) is 11.5. The molecular formula is C13H19NO5S. The Kier molecular flexibility index (Phi) is 5.97. The summed E-state index contributed by atoms with van der Waals surface area (Å²) in [7, 11) is -2.44. The molecule has 0 saturated carbocycles. The molecule has 0 unspecified atom stereocenters. The first-order valence-electron chi connectivity index (χ1n) is 6.33. The lowest BCUT2D eigenvalue weighted by atomic mass is 10.2. The van der Waals surface area contributed by atoms with Crippen LogP contribution in [0.2, 0.25) is 0 Å². The van der Waals surface area contributed by atoms with Crippen LogP contribution in [0.5, 0.6) is 5.75 Å². The number of unbranched alkanes of at least 4 members (excludes halogenated alkanes) is 2. The van der Waals surface area contributed by atoms with Crippen LogP contribution in [0.1, 0.15) is 36.5 Å². The number of benzene rings is 1. The predicted molar refractivity (Wildman–Crippen MR) is 74.7 cm³/mol. The standard InChI is InChI=1S/C13H19NO5S/c1-3-4-5-8-14-20(17,18)12-9-10(13(15)16)6-7-11(12)19-2/h6-7,9,14H,3-5,8H2,1-2H3,(H,15,16). The van der Waals surface area contributed by atoms with E-state index in [4.69, 9.17) is 9.84 Å². The number of aromatic carboxylic acids is 1. The Hall–Kier alpha value is -1.60. The molecule has 0 bridgehead atoms. The fourth-order valence-electron chi connectivity index (χ4n) is 1.68. The monoisotopic (exact) mass is 301 g/mol. The van der Waals surface area contributed by atoms with Crippen LogP contribution in [-0.2, 0) is 10.0 Å². The highest BCUT2D eigenvalue weighted by Crippen LogP contribution is 2.24. The number of hydrogen-bond acceptors (Lipinski definition) is 4. The van der Waals surface area contributed by atoms with Crippen molar-refractivity contribution < 1.29 is 23.1 Å². The Balaban J connectivity index is 3.02. The molecule has 1 aromatic carbocycles. The fourth-order valence-corrected chi connectivity index (χ4v) is 2.95. The first kappa shape index (κ1) is 16.5. The van der Waals surface area contributed by atoms with Crippen LogP contribution >= 0.6 is 0 Å². The number of carbonyl (C=O) groups is 1. The van der Waals surface area contributed by atoms with E-state index in [2.05, 4.69) is 4.72 Å². The maximum absolute atomic E-state index is 12.2. The second-order valence-corrected chi connectivity index (χ2v) is 6.01. The fraction of sp³-hybridized carbons (Fsp3) is 0.462. The van der Waals surface area contributed by atoms with Gasteiger partial charge in [0.25, 0.3) is 0 Å². The van der Waals surface area contributed by atoms with Crippen molar-refractivity contribution in [3.8, 4) is 5.75 Å². The summed E-state index contributed by atoms with van der Waals surface area (Å²) in [6.07, 6.45) is 2.64. The van der Waals surface area contributed by atoms with Crippen LogP contribution in [0.3, 0.4) is 0 Å². The number of rotatable bonds is 8. The summed E-state index contributed by atoms with van der Waals surface area (Å²) < 4.78 is 31.8. The molecule has 2 N–H and O–H groups in total. The van der Waals surface area contributed by atoms with Crippen molar-refractivity contribution in [1.82, 2.24) is 4.72 Å². The van der Waals surface area contributed by atoms with E-state index >= 15 is 0 Å². The molecule has 0 aliphatic carbocycles. The second-order valence-electron chi connectivity index (χ2n) is 4.28. The van der Waals surface area contributed by atoms with E-state index in [-0.39, 0.29) is 16.2 Å². The van der Waals surface area contributed by atoms with E-state index in [1.165, 1.54) is 19.2 Å². The van der Waals surface area contributed by atoms with Gasteiger partial charge in [-0.3, -0.25) is 0 Å². The average Bonchev–Trinajstić information content (AvgIpc) is 2.42. The molecule has 0 radical (unpaired) electrons. The number of nitrogens with one attached hydrogen (secondary N) is 1. The lowest BCUT2D eigenvalue weighted by Crippen LogP contribution is -2.25. The van der Waals surface area contributed by atoms with Crippen molar-refractivity contribution in [2.75, 3.05) is 13.7 Å². The number of sulfonamides is 1. The predicted octanol–water partition coefficient (Wildman–Crippen LogP) is 1.86. The molecule has 0 fully saturated rings. The average molecular weight is 301 g/mol. The third kappa shape index (κ3) is 4.21. The van der Waals surface area contributed by atoms with Gasteiger partial charge in [-0.2, -0.15) is 0 Å². The van der Waals surface area contributed by atoms with Gasteiger partial charge >= 0.3 is 5.97 Å². The van der Waals surface area contributed by atoms with Crippen LogP contribution in [0.15, 0.2) is 23.1 Å². The second kappa shape index (κ2) is 7.25. The minimum atomic E-state index is -3.78. The van der Waals surface area contributed by atoms with Crippen molar-refractivity contribution in [2.45, 2.75) is 31.1 Å². The molecule has 0 aliphatic heterocycles. The van der Waals surface area contributed by atoms with Gasteiger partial charge in [0.1, 0.15) is 10.6 Å². The molecule has 1 aromatic rings. The van der Waals surface area contributed by atoms with E-state index in [9.17, 15) is 13.2 Å². The van der Waals surface area contributed by atoms with Crippen LogP contribution in [0.25, 0.3) is 0 Å². The minimum absolute atomic E-state index is 0.0975. The molecule has 6 nitrogen and oxygen atoms in total. The molecule has 0 spiro atoms. The molecule has 0 amide bonds. The smallest absolute Gasteiger partial charge is 0.335 e. The highest BCUT2D eigenvalue weighted by Gasteiger charge is 2.21. The van der Waals surface area contributed by atoms with Gasteiger partial charge in [0.05, 0.1) is 12.7 Å². The van der Waals surface area contributed by atoms with Crippen LogP contribution < -0.4 is 9.46 Å². The topological polar surface area (TPSA) is 92.7 Å². The summed E-state index contributed by atoms with van der Waals surface area (Å²) in [6, 6.07) is 3.74. The number of carboxylic acid groups (broad SMARTS) is 1. The van der Waals surface area contributed by atoms with Crippen molar-refractivity contribution in [3.63, 3.8) is 0 Å². The SMILES string of the molecule is CCCCCNS(=O)(=O)c1cc(C(=O)O)ccc1OC. The van der Waals surface area contributed by atoms with Gasteiger partial charge in [-0.15, -0.1) is 0 Å². The largest absolute Gasteiger partial charge is 0.495 e. The molecule has 0 aliphatic rings.